The summed E-state index contributed by atoms with van der Waals surface area (Å²) in [5.74, 6) is 0. The standard InChI is InChI=1S/C18H38N2O/c1-7-13-19-16(11-12-17(3,4)21-6)18(5,8-2)20-14-9-10-15-20/h16,19H,7-15H2,1-6H3. The molecule has 1 saturated heterocycles. The summed E-state index contributed by atoms with van der Waals surface area (Å²) in [7, 11) is 1.83. The fourth-order valence-electron chi connectivity index (χ4n) is 3.46. The third-order valence-electron chi connectivity index (χ3n) is 5.52. The van der Waals surface area contributed by atoms with E-state index < -0.39 is 0 Å². The molecule has 0 radical (unpaired) electrons. The monoisotopic (exact) mass is 298 g/mol. The Labute approximate surface area is 132 Å². The van der Waals surface area contributed by atoms with Gasteiger partial charge in [-0.2, -0.15) is 0 Å². The van der Waals surface area contributed by atoms with Gasteiger partial charge in [0.05, 0.1) is 5.60 Å². The molecule has 0 aliphatic carbocycles. The number of hydrogen-bond acceptors (Lipinski definition) is 3. The van der Waals surface area contributed by atoms with Crippen molar-refractivity contribution in [2.45, 2.75) is 90.3 Å². The van der Waals surface area contributed by atoms with Crippen LogP contribution < -0.4 is 5.32 Å². The van der Waals surface area contributed by atoms with E-state index in [4.69, 9.17) is 4.74 Å². The first-order valence-corrected chi connectivity index (χ1v) is 8.93. The van der Waals surface area contributed by atoms with Crippen LogP contribution >= 0.6 is 0 Å². The van der Waals surface area contributed by atoms with E-state index in [0.717, 1.165) is 13.0 Å². The molecule has 1 heterocycles. The average Bonchev–Trinajstić information content (AvgIpc) is 3.01. The molecule has 0 saturated carbocycles. The van der Waals surface area contributed by atoms with E-state index in [-0.39, 0.29) is 11.1 Å². The first kappa shape index (κ1) is 18.9. The minimum atomic E-state index is -0.0220. The van der Waals surface area contributed by atoms with Crippen LogP contribution in [0.5, 0.6) is 0 Å². The number of likely N-dealkylation sites (tertiary alicyclic amines) is 1. The molecule has 0 aromatic heterocycles. The van der Waals surface area contributed by atoms with Gasteiger partial charge in [-0.05, 0) is 78.9 Å². The molecule has 1 fully saturated rings. The molecule has 0 spiro atoms. The maximum Gasteiger partial charge on any atom is 0.0623 e. The molecule has 1 aliphatic heterocycles. The molecule has 0 aromatic carbocycles. The predicted octanol–water partition coefficient (Wildman–Crippen LogP) is 3.82. The van der Waals surface area contributed by atoms with Gasteiger partial charge in [0.1, 0.15) is 0 Å². The molecule has 126 valence electrons. The smallest absolute Gasteiger partial charge is 0.0623 e. The fraction of sp³-hybridized carbons (Fsp3) is 1.00. The van der Waals surface area contributed by atoms with Gasteiger partial charge in [-0.15, -0.1) is 0 Å². The number of nitrogens with one attached hydrogen (secondary N) is 1. The van der Waals surface area contributed by atoms with E-state index in [1.165, 1.54) is 45.2 Å². The second-order valence-corrected chi connectivity index (χ2v) is 7.41. The Morgan fingerprint density at radius 3 is 2.24 bits per heavy atom. The van der Waals surface area contributed by atoms with Crippen LogP contribution in [0.25, 0.3) is 0 Å². The van der Waals surface area contributed by atoms with Crippen LogP contribution in [-0.2, 0) is 4.74 Å². The normalized spacial score (nSPS) is 21.4. The van der Waals surface area contributed by atoms with Crippen molar-refractivity contribution >= 4 is 0 Å². The number of ether oxygens (including phenoxy) is 1. The summed E-state index contributed by atoms with van der Waals surface area (Å²) in [5.41, 5.74) is 0.251. The van der Waals surface area contributed by atoms with Gasteiger partial charge < -0.3 is 10.1 Å². The van der Waals surface area contributed by atoms with Crippen molar-refractivity contribution in [3.63, 3.8) is 0 Å². The summed E-state index contributed by atoms with van der Waals surface area (Å²) >= 11 is 0. The Morgan fingerprint density at radius 2 is 1.76 bits per heavy atom. The number of methoxy groups -OCH3 is 1. The molecule has 3 heteroatoms. The lowest BCUT2D eigenvalue weighted by Gasteiger charge is -2.46. The third kappa shape index (κ3) is 5.22. The van der Waals surface area contributed by atoms with Crippen molar-refractivity contribution in [2.75, 3.05) is 26.7 Å². The molecule has 0 amide bonds. The summed E-state index contributed by atoms with van der Waals surface area (Å²) in [6.45, 7) is 15.1. The summed E-state index contributed by atoms with van der Waals surface area (Å²) in [5, 5.41) is 3.84. The second-order valence-electron chi connectivity index (χ2n) is 7.41. The van der Waals surface area contributed by atoms with Crippen LogP contribution in [0.2, 0.25) is 0 Å². The summed E-state index contributed by atoms with van der Waals surface area (Å²) in [6.07, 6.45) is 7.42. The molecule has 1 aliphatic rings. The molecule has 2 atom stereocenters. The highest BCUT2D eigenvalue weighted by Gasteiger charge is 2.39. The minimum absolute atomic E-state index is 0.0220. The van der Waals surface area contributed by atoms with Gasteiger partial charge in [0.15, 0.2) is 0 Å². The molecule has 0 aromatic rings. The van der Waals surface area contributed by atoms with Gasteiger partial charge in [0, 0.05) is 18.7 Å². The van der Waals surface area contributed by atoms with Gasteiger partial charge in [-0.25, -0.2) is 0 Å². The van der Waals surface area contributed by atoms with Gasteiger partial charge in [-0.1, -0.05) is 13.8 Å². The van der Waals surface area contributed by atoms with Crippen molar-refractivity contribution in [1.29, 1.82) is 0 Å². The Kier molecular flexibility index (Phi) is 7.66. The van der Waals surface area contributed by atoms with E-state index in [2.05, 4.69) is 44.8 Å². The molecule has 1 N–H and O–H groups in total. The third-order valence-corrected chi connectivity index (χ3v) is 5.52. The van der Waals surface area contributed by atoms with Crippen LogP contribution in [0.4, 0.5) is 0 Å². The lowest BCUT2D eigenvalue weighted by molar-refractivity contribution is 0.00237. The van der Waals surface area contributed by atoms with Gasteiger partial charge >= 0.3 is 0 Å². The highest BCUT2D eigenvalue weighted by atomic mass is 16.5. The Morgan fingerprint density at radius 1 is 1.14 bits per heavy atom. The largest absolute Gasteiger partial charge is 0.379 e. The minimum Gasteiger partial charge on any atom is -0.379 e. The highest BCUT2D eigenvalue weighted by Crippen LogP contribution is 2.31. The van der Waals surface area contributed by atoms with E-state index in [1.54, 1.807) is 0 Å². The van der Waals surface area contributed by atoms with Crippen LogP contribution in [0.1, 0.15) is 73.1 Å². The highest BCUT2D eigenvalue weighted by molar-refractivity contribution is 4.98. The molecule has 1 rings (SSSR count). The first-order chi connectivity index (χ1) is 9.89. The molecule has 2 unspecified atom stereocenters. The molecule has 21 heavy (non-hydrogen) atoms. The zero-order chi connectivity index (χ0) is 15.9. The zero-order valence-corrected chi connectivity index (χ0v) is 15.3. The van der Waals surface area contributed by atoms with Crippen LogP contribution in [0.15, 0.2) is 0 Å². The van der Waals surface area contributed by atoms with Crippen LogP contribution in [0, 0.1) is 0 Å². The van der Waals surface area contributed by atoms with E-state index in [9.17, 15) is 0 Å². The molecule has 0 bridgehead atoms. The molecular formula is C18H38N2O. The lowest BCUT2D eigenvalue weighted by atomic mass is 9.82. The van der Waals surface area contributed by atoms with E-state index in [0.29, 0.717) is 6.04 Å². The molecule has 3 nitrogen and oxygen atoms in total. The topological polar surface area (TPSA) is 24.5 Å². The molecular weight excluding hydrogens is 260 g/mol. The van der Waals surface area contributed by atoms with Crippen molar-refractivity contribution in [3.8, 4) is 0 Å². The van der Waals surface area contributed by atoms with E-state index >= 15 is 0 Å². The quantitative estimate of drug-likeness (QED) is 0.663. The van der Waals surface area contributed by atoms with Gasteiger partial charge in [-0.3, -0.25) is 4.90 Å². The second kappa shape index (κ2) is 8.50. The summed E-state index contributed by atoms with van der Waals surface area (Å²) in [4.78, 5) is 2.72. The van der Waals surface area contributed by atoms with Crippen molar-refractivity contribution < 1.29 is 4.74 Å². The SMILES string of the molecule is CCCNC(CCC(C)(C)OC)C(C)(CC)N1CCCC1. The maximum absolute atomic E-state index is 5.62. The maximum atomic E-state index is 5.62. The Hall–Kier alpha value is -0.120. The van der Waals surface area contributed by atoms with Gasteiger partial charge in [0.25, 0.3) is 0 Å². The van der Waals surface area contributed by atoms with Crippen molar-refractivity contribution in [1.82, 2.24) is 10.2 Å². The fourth-order valence-corrected chi connectivity index (χ4v) is 3.46. The average molecular weight is 299 g/mol. The number of nitrogens with zero attached hydrogens (tertiary/aromatic N) is 1. The summed E-state index contributed by atoms with van der Waals surface area (Å²) in [6, 6.07) is 0.551. The van der Waals surface area contributed by atoms with Crippen molar-refractivity contribution in [2.24, 2.45) is 0 Å². The number of hydrogen-bond donors (Lipinski definition) is 1. The van der Waals surface area contributed by atoms with Crippen molar-refractivity contribution in [3.05, 3.63) is 0 Å². The van der Waals surface area contributed by atoms with Crippen LogP contribution in [0.3, 0.4) is 0 Å². The zero-order valence-electron chi connectivity index (χ0n) is 15.3. The summed E-state index contributed by atoms with van der Waals surface area (Å²) < 4.78 is 5.62. The number of rotatable bonds is 10. The van der Waals surface area contributed by atoms with E-state index in [1.807, 2.05) is 7.11 Å². The first-order valence-electron chi connectivity index (χ1n) is 8.93. The Balaban J connectivity index is 2.77. The van der Waals surface area contributed by atoms with Gasteiger partial charge in [0.2, 0.25) is 0 Å². The Bertz CT molecular complexity index is 287. The lowest BCUT2D eigenvalue weighted by Crippen LogP contribution is -2.59. The van der Waals surface area contributed by atoms with Crippen LogP contribution in [-0.4, -0.2) is 48.8 Å². The predicted molar refractivity (Wildman–Crippen MR) is 91.9 cm³/mol.